The van der Waals surface area contributed by atoms with Gasteiger partial charge in [-0.25, -0.2) is 0 Å². The van der Waals surface area contributed by atoms with Crippen molar-refractivity contribution >= 4 is 29.8 Å². The van der Waals surface area contributed by atoms with E-state index in [9.17, 15) is 49.5 Å². The summed E-state index contributed by atoms with van der Waals surface area (Å²) >= 11 is 0. The van der Waals surface area contributed by atoms with Crippen molar-refractivity contribution in [3.8, 4) is 0 Å². The van der Waals surface area contributed by atoms with Crippen molar-refractivity contribution in [3.63, 3.8) is 0 Å². The van der Waals surface area contributed by atoms with E-state index in [4.69, 9.17) is 0 Å². The van der Waals surface area contributed by atoms with Crippen LogP contribution in [0.5, 0.6) is 0 Å². The molecule has 1 atom stereocenters. The molecule has 0 bridgehead atoms. The Morgan fingerprint density at radius 1 is 0.684 bits per heavy atom. The smallest absolute Gasteiger partial charge is 0.317 e. The van der Waals surface area contributed by atoms with Crippen LogP contribution in [0.3, 0.4) is 0 Å². The summed E-state index contributed by atoms with van der Waals surface area (Å²) in [4.78, 5) is 61.7. The molecule has 13 nitrogen and oxygen atoms in total. The van der Waals surface area contributed by atoms with Gasteiger partial charge in [0.05, 0.1) is 32.7 Å². The number of nitrogens with zero attached hydrogens (tertiary/aromatic N) is 3. The van der Waals surface area contributed by atoms with Crippen LogP contribution in [0.25, 0.3) is 0 Å². The zero-order chi connectivity index (χ0) is 28.3. The molecule has 0 aliphatic heterocycles. The average Bonchev–Trinajstić information content (AvgIpc) is 2.75. The minimum absolute atomic E-state index is 0.0430. The van der Waals surface area contributed by atoms with Gasteiger partial charge in [0.15, 0.2) is 0 Å². The Labute approximate surface area is 219 Å². The lowest BCUT2D eigenvalue weighted by atomic mass is 9.68. The van der Waals surface area contributed by atoms with Crippen molar-refractivity contribution < 1.29 is 49.5 Å². The van der Waals surface area contributed by atoms with Crippen molar-refractivity contribution in [2.24, 2.45) is 5.41 Å². The van der Waals surface area contributed by atoms with Gasteiger partial charge in [0.2, 0.25) is 0 Å². The molecule has 0 aromatic heterocycles. The number of rotatable bonds is 19. The highest BCUT2D eigenvalue weighted by Gasteiger charge is 2.41. The Balaban J connectivity index is 2.33. The Bertz CT molecular complexity index is 951. The Morgan fingerprint density at radius 2 is 1.13 bits per heavy atom. The molecule has 13 heteroatoms. The first-order chi connectivity index (χ1) is 17.9. The van der Waals surface area contributed by atoms with E-state index < -0.39 is 74.0 Å². The van der Waals surface area contributed by atoms with Crippen molar-refractivity contribution in [1.29, 1.82) is 0 Å². The summed E-state index contributed by atoms with van der Waals surface area (Å²) < 4.78 is 0. The fraction of sp³-hybridized carbons (Fsp3) is 0.560. The van der Waals surface area contributed by atoms with Gasteiger partial charge in [0, 0.05) is 25.7 Å². The molecule has 0 spiro atoms. The SMILES string of the molecule is O=C(O)CN(CC(=O)O)CC1(CN(CC(=O)O)CC(Cc2ccccc2)N(CC(=O)O)CC(=O)O)CCC1. The standard InChI is InChI=1S/C25H35N3O10/c29-20(30)11-26(16-25(7-4-8-25)17-27(12-21(31)32)13-22(33)34)10-19(9-18-5-2-1-3-6-18)28(14-23(35)36)15-24(37)38/h1-3,5-6,19H,4,7-17H2,(H,29,30)(H,31,32)(H,33,34)(H,35,36)(H,37,38). The van der Waals surface area contributed by atoms with E-state index in [2.05, 4.69) is 0 Å². The van der Waals surface area contributed by atoms with E-state index in [0.29, 0.717) is 12.8 Å². The zero-order valence-corrected chi connectivity index (χ0v) is 21.1. The topological polar surface area (TPSA) is 196 Å². The number of carbonyl (C=O) groups is 5. The molecule has 0 amide bonds. The third-order valence-electron chi connectivity index (χ3n) is 6.59. The summed E-state index contributed by atoms with van der Waals surface area (Å²) in [6.07, 6.45) is 2.35. The molecule has 1 unspecified atom stereocenters. The van der Waals surface area contributed by atoms with Crippen LogP contribution in [-0.4, -0.2) is 128 Å². The van der Waals surface area contributed by atoms with Gasteiger partial charge in [-0.05, 0) is 30.2 Å². The third-order valence-corrected chi connectivity index (χ3v) is 6.59. The Hall–Kier alpha value is -3.55. The van der Waals surface area contributed by atoms with Gasteiger partial charge in [-0.1, -0.05) is 36.8 Å². The molecule has 210 valence electrons. The lowest BCUT2D eigenvalue weighted by molar-refractivity contribution is -0.146. The van der Waals surface area contributed by atoms with Crippen LogP contribution in [-0.2, 0) is 30.4 Å². The molecule has 0 radical (unpaired) electrons. The summed E-state index contributed by atoms with van der Waals surface area (Å²) in [5.41, 5.74) is 0.267. The fourth-order valence-corrected chi connectivity index (χ4v) is 5.07. The highest BCUT2D eigenvalue weighted by Crippen LogP contribution is 2.42. The molecule has 0 saturated heterocycles. The predicted octanol–water partition coefficient (Wildman–Crippen LogP) is 0.0970. The zero-order valence-electron chi connectivity index (χ0n) is 21.1. The van der Waals surface area contributed by atoms with E-state index >= 15 is 0 Å². The van der Waals surface area contributed by atoms with Gasteiger partial charge in [-0.3, -0.25) is 38.7 Å². The van der Waals surface area contributed by atoms with Crippen molar-refractivity contribution in [2.45, 2.75) is 31.7 Å². The lowest BCUT2D eigenvalue weighted by Crippen LogP contribution is -2.55. The van der Waals surface area contributed by atoms with Crippen molar-refractivity contribution in [3.05, 3.63) is 35.9 Å². The number of hydrogen-bond acceptors (Lipinski definition) is 8. The first-order valence-corrected chi connectivity index (χ1v) is 12.2. The number of aliphatic carboxylic acids is 5. The maximum absolute atomic E-state index is 11.8. The van der Waals surface area contributed by atoms with Crippen molar-refractivity contribution in [2.75, 3.05) is 52.4 Å². The van der Waals surface area contributed by atoms with Gasteiger partial charge >= 0.3 is 29.8 Å². The molecule has 2 rings (SSSR count). The Morgan fingerprint density at radius 3 is 1.55 bits per heavy atom. The predicted molar refractivity (Wildman–Crippen MR) is 133 cm³/mol. The molecule has 5 N–H and O–H groups in total. The summed E-state index contributed by atoms with van der Waals surface area (Å²) in [5.74, 6) is -5.92. The van der Waals surface area contributed by atoms with Gasteiger partial charge in [-0.15, -0.1) is 0 Å². The van der Waals surface area contributed by atoms with Crippen LogP contribution in [0.2, 0.25) is 0 Å². The highest BCUT2D eigenvalue weighted by molar-refractivity contribution is 5.73. The van der Waals surface area contributed by atoms with Gasteiger partial charge in [0.1, 0.15) is 0 Å². The molecule has 38 heavy (non-hydrogen) atoms. The van der Waals surface area contributed by atoms with Crippen LogP contribution in [0, 0.1) is 5.41 Å². The van der Waals surface area contributed by atoms with Crippen molar-refractivity contribution in [1.82, 2.24) is 14.7 Å². The van der Waals surface area contributed by atoms with Crippen LogP contribution < -0.4 is 0 Å². The molecule has 1 saturated carbocycles. The van der Waals surface area contributed by atoms with Crippen LogP contribution in [0.15, 0.2) is 30.3 Å². The summed E-state index contributed by atoms with van der Waals surface area (Å²) in [5, 5.41) is 46.9. The first kappa shape index (κ1) is 30.7. The van der Waals surface area contributed by atoms with Crippen LogP contribution >= 0.6 is 0 Å². The molecule has 0 heterocycles. The van der Waals surface area contributed by atoms with E-state index in [0.717, 1.165) is 12.0 Å². The second-order valence-corrected chi connectivity index (χ2v) is 9.89. The lowest BCUT2D eigenvalue weighted by Gasteiger charge is -2.48. The molecule has 1 aliphatic carbocycles. The quantitative estimate of drug-likeness (QED) is 0.159. The monoisotopic (exact) mass is 537 g/mol. The number of carboxylic acids is 5. The normalized spacial score (nSPS) is 15.2. The van der Waals surface area contributed by atoms with E-state index in [-0.39, 0.29) is 26.1 Å². The first-order valence-electron chi connectivity index (χ1n) is 12.2. The maximum atomic E-state index is 11.8. The van der Waals surface area contributed by atoms with Crippen LogP contribution in [0.1, 0.15) is 24.8 Å². The summed E-state index contributed by atoms with van der Waals surface area (Å²) in [6, 6.07) is 8.37. The number of benzene rings is 1. The molecule has 1 fully saturated rings. The van der Waals surface area contributed by atoms with E-state index in [1.807, 2.05) is 18.2 Å². The maximum Gasteiger partial charge on any atom is 0.317 e. The average molecular weight is 538 g/mol. The van der Waals surface area contributed by atoms with Gasteiger partial charge in [0.25, 0.3) is 0 Å². The molecular formula is C25H35N3O10. The molecule has 1 aliphatic rings. The number of carboxylic acid groups (broad SMARTS) is 5. The molecule has 1 aromatic carbocycles. The summed E-state index contributed by atoms with van der Waals surface area (Å²) in [7, 11) is 0. The third kappa shape index (κ3) is 10.8. The second-order valence-electron chi connectivity index (χ2n) is 9.89. The van der Waals surface area contributed by atoms with Gasteiger partial charge in [-0.2, -0.15) is 0 Å². The Kier molecular flexibility index (Phi) is 11.6. The largest absolute Gasteiger partial charge is 0.480 e. The number of hydrogen-bond donors (Lipinski definition) is 5. The van der Waals surface area contributed by atoms with E-state index in [1.54, 1.807) is 17.0 Å². The van der Waals surface area contributed by atoms with Crippen LogP contribution in [0.4, 0.5) is 0 Å². The molecule has 1 aromatic rings. The minimum atomic E-state index is -1.22. The fourth-order valence-electron chi connectivity index (χ4n) is 5.07. The second kappa shape index (κ2) is 14.4. The minimum Gasteiger partial charge on any atom is -0.480 e. The summed E-state index contributed by atoms with van der Waals surface area (Å²) in [6.45, 7) is -2.08. The van der Waals surface area contributed by atoms with Gasteiger partial charge < -0.3 is 25.5 Å². The van der Waals surface area contributed by atoms with E-state index in [1.165, 1.54) is 9.80 Å². The molecular weight excluding hydrogens is 502 g/mol. The highest BCUT2D eigenvalue weighted by atomic mass is 16.4.